The van der Waals surface area contributed by atoms with E-state index in [2.05, 4.69) is 49.1 Å². The maximum atomic E-state index is 3.97. The minimum atomic E-state index is 0.737. The predicted molar refractivity (Wildman–Crippen MR) is 82.4 cm³/mol. The molecule has 2 nitrogen and oxygen atoms in total. The van der Waals surface area contributed by atoms with Gasteiger partial charge in [0.05, 0.1) is 0 Å². The number of nitrogens with zero attached hydrogens (tertiary/aromatic N) is 1. The third kappa shape index (κ3) is 3.64. The van der Waals surface area contributed by atoms with E-state index in [0.29, 0.717) is 0 Å². The average molecular weight is 270 g/mol. The summed E-state index contributed by atoms with van der Waals surface area (Å²) < 4.78 is 0. The van der Waals surface area contributed by atoms with Gasteiger partial charge in [-0.05, 0) is 58.2 Å². The molecule has 2 rings (SSSR count). The molecular weight excluding hydrogens is 240 g/mol. The third-order valence-corrected chi connectivity index (χ3v) is 6.21. The monoisotopic (exact) mass is 270 g/mol. The van der Waals surface area contributed by atoms with Crippen LogP contribution < -0.4 is 5.32 Å². The molecule has 3 unspecified atom stereocenters. The molecule has 3 heteroatoms. The topological polar surface area (TPSA) is 15.3 Å². The highest BCUT2D eigenvalue weighted by molar-refractivity contribution is 7.99. The van der Waals surface area contributed by atoms with Gasteiger partial charge in [0.1, 0.15) is 0 Å². The molecule has 106 valence electrons. The molecular formula is C15H30N2S. The number of hydrogen-bond donors (Lipinski definition) is 1. The molecule has 0 aromatic rings. The molecule has 1 N–H and O–H groups in total. The van der Waals surface area contributed by atoms with Gasteiger partial charge in [-0.25, -0.2) is 0 Å². The van der Waals surface area contributed by atoms with Gasteiger partial charge in [0, 0.05) is 29.9 Å². The van der Waals surface area contributed by atoms with E-state index in [1.54, 1.807) is 0 Å². The van der Waals surface area contributed by atoms with E-state index in [1.807, 2.05) is 0 Å². The normalized spacial score (nSPS) is 43.0. The molecule has 3 atom stereocenters. The van der Waals surface area contributed by atoms with Crippen molar-refractivity contribution in [3.8, 4) is 0 Å². The second kappa shape index (κ2) is 6.62. The van der Waals surface area contributed by atoms with Gasteiger partial charge in [-0.1, -0.05) is 6.92 Å². The summed E-state index contributed by atoms with van der Waals surface area (Å²) in [6.45, 7) is 6.03. The van der Waals surface area contributed by atoms with Crippen molar-refractivity contribution in [1.29, 1.82) is 0 Å². The molecule has 2 fully saturated rings. The van der Waals surface area contributed by atoms with E-state index in [1.165, 1.54) is 38.6 Å². The number of nitrogens with one attached hydrogen (secondary N) is 1. The minimum absolute atomic E-state index is 0.737. The fourth-order valence-corrected chi connectivity index (χ4v) is 4.29. The van der Waals surface area contributed by atoms with E-state index >= 15 is 0 Å². The van der Waals surface area contributed by atoms with E-state index < -0.39 is 0 Å². The van der Waals surface area contributed by atoms with Gasteiger partial charge in [0.2, 0.25) is 0 Å². The Morgan fingerprint density at radius 2 is 1.78 bits per heavy atom. The largest absolute Gasteiger partial charge is 0.311 e. The quantitative estimate of drug-likeness (QED) is 0.849. The van der Waals surface area contributed by atoms with Crippen molar-refractivity contribution in [2.75, 3.05) is 19.8 Å². The van der Waals surface area contributed by atoms with Gasteiger partial charge in [-0.3, -0.25) is 0 Å². The molecule has 0 amide bonds. The highest BCUT2D eigenvalue weighted by Gasteiger charge is 2.31. The molecule has 2 aliphatic rings. The van der Waals surface area contributed by atoms with Crippen LogP contribution in [0.2, 0.25) is 0 Å². The average Bonchev–Trinajstić information content (AvgIpc) is 2.37. The Morgan fingerprint density at radius 1 is 1.11 bits per heavy atom. The van der Waals surface area contributed by atoms with Crippen LogP contribution in [-0.2, 0) is 0 Å². The summed E-state index contributed by atoms with van der Waals surface area (Å²) in [5.41, 5.74) is 0. The molecule has 1 aliphatic carbocycles. The van der Waals surface area contributed by atoms with E-state index in [4.69, 9.17) is 0 Å². The van der Waals surface area contributed by atoms with Crippen molar-refractivity contribution < 1.29 is 0 Å². The van der Waals surface area contributed by atoms with Crippen LogP contribution in [0, 0.1) is 5.92 Å². The number of hydrogen-bond acceptors (Lipinski definition) is 3. The summed E-state index contributed by atoms with van der Waals surface area (Å²) in [5.74, 6) is 0.796. The minimum Gasteiger partial charge on any atom is -0.311 e. The first-order chi connectivity index (χ1) is 8.60. The van der Waals surface area contributed by atoms with Gasteiger partial charge in [-0.15, -0.1) is 0 Å². The fourth-order valence-electron chi connectivity index (χ4n) is 3.54. The Balaban J connectivity index is 1.79. The van der Waals surface area contributed by atoms with Crippen LogP contribution in [0.15, 0.2) is 0 Å². The van der Waals surface area contributed by atoms with Gasteiger partial charge in [-0.2, -0.15) is 11.8 Å². The molecule has 0 aromatic heterocycles. The van der Waals surface area contributed by atoms with Crippen LogP contribution >= 0.6 is 11.8 Å². The molecule has 18 heavy (non-hydrogen) atoms. The standard InChI is InChI=1S/C15H30N2S/c1-11-10-17(3)12(2)9-15(11)16-13-5-7-14(18-4)8-6-13/h11-16H,5-10H2,1-4H3. The summed E-state index contributed by atoms with van der Waals surface area (Å²) in [6, 6.07) is 2.27. The third-order valence-electron chi connectivity index (χ3n) is 5.07. The summed E-state index contributed by atoms with van der Waals surface area (Å²) in [6.07, 6.45) is 9.18. The van der Waals surface area contributed by atoms with E-state index in [-0.39, 0.29) is 0 Å². The lowest BCUT2D eigenvalue weighted by molar-refractivity contribution is 0.111. The lowest BCUT2D eigenvalue weighted by Crippen LogP contribution is -2.53. The number of likely N-dealkylation sites (tertiary alicyclic amines) is 1. The van der Waals surface area contributed by atoms with Crippen molar-refractivity contribution >= 4 is 11.8 Å². The molecule has 1 saturated carbocycles. The zero-order valence-corrected chi connectivity index (χ0v) is 13.3. The van der Waals surface area contributed by atoms with E-state index in [0.717, 1.165) is 29.3 Å². The summed E-state index contributed by atoms with van der Waals surface area (Å²) in [5, 5.41) is 4.89. The Kier molecular flexibility index (Phi) is 5.40. The second-order valence-corrected chi connectivity index (χ2v) is 7.62. The number of piperidine rings is 1. The SMILES string of the molecule is CSC1CCC(NC2CC(C)N(C)CC2C)CC1. The zero-order valence-electron chi connectivity index (χ0n) is 12.5. The van der Waals surface area contributed by atoms with Crippen LogP contribution in [0.3, 0.4) is 0 Å². The highest BCUT2D eigenvalue weighted by atomic mass is 32.2. The Labute approximate surface area is 117 Å². The summed E-state index contributed by atoms with van der Waals surface area (Å²) >= 11 is 2.06. The maximum Gasteiger partial charge on any atom is 0.0122 e. The van der Waals surface area contributed by atoms with E-state index in [9.17, 15) is 0 Å². The van der Waals surface area contributed by atoms with Crippen molar-refractivity contribution in [1.82, 2.24) is 10.2 Å². The van der Waals surface area contributed by atoms with Gasteiger partial charge >= 0.3 is 0 Å². The van der Waals surface area contributed by atoms with Crippen LogP contribution in [0.4, 0.5) is 0 Å². The van der Waals surface area contributed by atoms with Crippen LogP contribution in [0.1, 0.15) is 46.0 Å². The Bertz CT molecular complexity index is 251. The lowest BCUT2D eigenvalue weighted by atomic mass is 9.87. The van der Waals surface area contributed by atoms with Crippen molar-refractivity contribution in [3.63, 3.8) is 0 Å². The summed E-state index contributed by atoms with van der Waals surface area (Å²) in [7, 11) is 2.26. The zero-order chi connectivity index (χ0) is 13.1. The first kappa shape index (κ1) is 14.7. The molecule has 0 radical (unpaired) electrons. The van der Waals surface area contributed by atoms with Crippen LogP contribution in [0.5, 0.6) is 0 Å². The number of rotatable bonds is 3. The van der Waals surface area contributed by atoms with Crippen molar-refractivity contribution in [3.05, 3.63) is 0 Å². The first-order valence-corrected chi connectivity index (χ1v) is 8.88. The van der Waals surface area contributed by atoms with Gasteiger partial charge < -0.3 is 10.2 Å². The highest BCUT2D eigenvalue weighted by Crippen LogP contribution is 2.29. The Morgan fingerprint density at radius 3 is 2.39 bits per heavy atom. The first-order valence-electron chi connectivity index (χ1n) is 7.59. The Hall–Kier alpha value is 0.270. The van der Waals surface area contributed by atoms with Crippen molar-refractivity contribution in [2.45, 2.75) is 69.3 Å². The fraction of sp³-hybridized carbons (Fsp3) is 1.00. The molecule has 1 saturated heterocycles. The predicted octanol–water partition coefficient (Wildman–Crippen LogP) is 2.98. The number of thioether (sulfide) groups is 1. The molecule has 1 aliphatic heterocycles. The smallest absolute Gasteiger partial charge is 0.0122 e. The second-order valence-electron chi connectivity index (χ2n) is 6.48. The lowest BCUT2D eigenvalue weighted by Gasteiger charge is -2.42. The molecule has 0 aromatic carbocycles. The van der Waals surface area contributed by atoms with Crippen LogP contribution in [0.25, 0.3) is 0 Å². The van der Waals surface area contributed by atoms with Gasteiger partial charge in [0.25, 0.3) is 0 Å². The molecule has 1 heterocycles. The molecule has 0 spiro atoms. The van der Waals surface area contributed by atoms with Crippen LogP contribution in [-0.4, -0.2) is 48.1 Å². The summed E-state index contributed by atoms with van der Waals surface area (Å²) in [4.78, 5) is 2.51. The maximum absolute atomic E-state index is 3.97. The molecule has 0 bridgehead atoms. The van der Waals surface area contributed by atoms with Gasteiger partial charge in [0.15, 0.2) is 0 Å². The van der Waals surface area contributed by atoms with Crippen molar-refractivity contribution in [2.24, 2.45) is 5.92 Å².